The summed E-state index contributed by atoms with van der Waals surface area (Å²) in [6.45, 7) is -0.282. The molecule has 0 amide bonds. The van der Waals surface area contributed by atoms with Gasteiger partial charge >= 0.3 is 0 Å². The van der Waals surface area contributed by atoms with Gasteiger partial charge in [0.25, 0.3) is 0 Å². The molecule has 0 aliphatic rings. The summed E-state index contributed by atoms with van der Waals surface area (Å²) in [7, 11) is -3.69. The molecule has 3 N–H and O–H groups in total. The molecule has 0 aliphatic carbocycles. The molecule has 0 unspecified atom stereocenters. The van der Waals surface area contributed by atoms with Crippen molar-refractivity contribution in [1.82, 2.24) is 9.71 Å². The third-order valence-corrected chi connectivity index (χ3v) is 5.87. The van der Waals surface area contributed by atoms with Crippen LogP contribution in [0.5, 0.6) is 0 Å². The van der Waals surface area contributed by atoms with Gasteiger partial charge in [-0.25, -0.2) is 13.1 Å². The van der Waals surface area contributed by atoms with Crippen LogP contribution in [0.1, 0.15) is 5.56 Å². The number of sulfonamides is 1. The molecule has 1 heterocycles. The van der Waals surface area contributed by atoms with Gasteiger partial charge in [0.2, 0.25) is 10.0 Å². The maximum atomic E-state index is 12.5. The average Bonchev–Trinajstić information content (AvgIpc) is 2.97. The van der Waals surface area contributed by atoms with Gasteiger partial charge in [0.05, 0.1) is 11.5 Å². The molecule has 0 saturated heterocycles. The van der Waals surface area contributed by atoms with Crippen LogP contribution in [0.25, 0.3) is 10.9 Å². The Hall–Kier alpha value is -1.67. The molecule has 0 saturated carbocycles. The first-order valence-electron chi connectivity index (χ1n) is 7.43. The van der Waals surface area contributed by atoms with E-state index in [1.165, 1.54) is 12.1 Å². The van der Waals surface area contributed by atoms with Crippen molar-refractivity contribution in [2.45, 2.75) is 17.4 Å². The predicted molar refractivity (Wildman–Crippen MR) is 97.3 cm³/mol. The van der Waals surface area contributed by atoms with Gasteiger partial charge in [-0.15, -0.1) is 0 Å². The third-order valence-electron chi connectivity index (χ3n) is 3.81. The Morgan fingerprint density at radius 2 is 1.83 bits per heavy atom. The number of aromatic amines is 1. The molecule has 3 aromatic rings. The van der Waals surface area contributed by atoms with Gasteiger partial charge < -0.3 is 10.1 Å². The van der Waals surface area contributed by atoms with E-state index in [1.807, 2.05) is 30.5 Å². The van der Waals surface area contributed by atoms with Crippen molar-refractivity contribution >= 4 is 36.9 Å². The zero-order valence-corrected chi connectivity index (χ0v) is 15.1. The van der Waals surface area contributed by atoms with Crippen molar-refractivity contribution in [2.24, 2.45) is 0 Å². The summed E-state index contributed by atoms with van der Waals surface area (Å²) in [6, 6.07) is 13.6. The van der Waals surface area contributed by atoms with Gasteiger partial charge in [0, 0.05) is 27.6 Å². The number of halogens is 1. The number of para-hydroxylation sites is 1. The highest BCUT2D eigenvalue weighted by Crippen LogP contribution is 2.20. The Morgan fingerprint density at radius 1 is 1.12 bits per heavy atom. The Kier molecular flexibility index (Phi) is 5.05. The largest absolute Gasteiger partial charge is 0.395 e. The SMILES string of the molecule is O=S(=O)(N[C@@H](CO)Cc1c[nH]c2ccccc12)c1ccc(Br)cc1. The molecule has 1 aromatic heterocycles. The normalized spacial score (nSPS) is 13.2. The van der Waals surface area contributed by atoms with E-state index in [0.29, 0.717) is 6.42 Å². The number of aliphatic hydroxyl groups is 1. The molecule has 0 aliphatic heterocycles. The van der Waals surface area contributed by atoms with Crippen LogP contribution in [0, 0.1) is 0 Å². The highest BCUT2D eigenvalue weighted by atomic mass is 79.9. The number of rotatable bonds is 6. The summed E-state index contributed by atoms with van der Waals surface area (Å²) in [6.07, 6.45) is 2.25. The van der Waals surface area contributed by atoms with Gasteiger partial charge in [-0.1, -0.05) is 34.1 Å². The molecule has 0 radical (unpaired) electrons. The van der Waals surface area contributed by atoms with Crippen LogP contribution in [0.3, 0.4) is 0 Å². The molecule has 24 heavy (non-hydrogen) atoms. The number of aliphatic hydroxyl groups excluding tert-OH is 1. The summed E-state index contributed by atoms with van der Waals surface area (Å²) >= 11 is 3.28. The Labute approximate surface area is 148 Å². The molecule has 5 nitrogen and oxygen atoms in total. The number of hydrogen-bond acceptors (Lipinski definition) is 3. The summed E-state index contributed by atoms with van der Waals surface area (Å²) in [5.41, 5.74) is 1.95. The number of fused-ring (bicyclic) bond motifs is 1. The minimum Gasteiger partial charge on any atom is -0.395 e. The number of aromatic nitrogens is 1. The maximum Gasteiger partial charge on any atom is 0.240 e. The Bertz CT molecular complexity index is 936. The quantitative estimate of drug-likeness (QED) is 0.586. The molecule has 126 valence electrons. The van der Waals surface area contributed by atoms with Crippen LogP contribution in [0.15, 0.2) is 64.1 Å². The fourth-order valence-corrected chi connectivity index (χ4v) is 4.10. The zero-order chi connectivity index (χ0) is 17.2. The van der Waals surface area contributed by atoms with Crippen LogP contribution < -0.4 is 4.72 Å². The Morgan fingerprint density at radius 3 is 2.54 bits per heavy atom. The number of nitrogens with one attached hydrogen (secondary N) is 2. The van der Waals surface area contributed by atoms with E-state index in [4.69, 9.17) is 0 Å². The van der Waals surface area contributed by atoms with Crippen molar-refractivity contribution in [3.8, 4) is 0 Å². The standard InChI is InChI=1S/C17H17BrN2O3S/c18-13-5-7-15(8-6-13)24(22,23)20-14(11-21)9-12-10-19-17-4-2-1-3-16(12)17/h1-8,10,14,19-21H,9,11H2/t14-/m1/s1. The smallest absolute Gasteiger partial charge is 0.240 e. The third kappa shape index (κ3) is 3.70. The molecular formula is C17H17BrN2O3S. The highest BCUT2D eigenvalue weighted by molar-refractivity contribution is 9.10. The lowest BCUT2D eigenvalue weighted by Crippen LogP contribution is -2.39. The topological polar surface area (TPSA) is 82.2 Å². The molecule has 2 aromatic carbocycles. The van der Waals surface area contributed by atoms with Crippen molar-refractivity contribution in [2.75, 3.05) is 6.61 Å². The number of hydrogen-bond donors (Lipinski definition) is 3. The average molecular weight is 409 g/mol. The van der Waals surface area contributed by atoms with Gasteiger partial charge in [-0.2, -0.15) is 0 Å². The van der Waals surface area contributed by atoms with Crippen molar-refractivity contribution in [3.63, 3.8) is 0 Å². The molecular weight excluding hydrogens is 392 g/mol. The second-order valence-electron chi connectivity index (χ2n) is 5.52. The first-order valence-corrected chi connectivity index (χ1v) is 9.71. The molecule has 3 rings (SSSR count). The zero-order valence-electron chi connectivity index (χ0n) is 12.7. The van der Waals surface area contributed by atoms with E-state index in [-0.39, 0.29) is 11.5 Å². The van der Waals surface area contributed by atoms with E-state index in [9.17, 15) is 13.5 Å². The first-order chi connectivity index (χ1) is 11.5. The minimum absolute atomic E-state index is 0.170. The maximum absolute atomic E-state index is 12.5. The van der Waals surface area contributed by atoms with Crippen LogP contribution in [-0.2, 0) is 16.4 Å². The minimum atomic E-state index is -3.69. The van der Waals surface area contributed by atoms with Crippen molar-refractivity contribution in [1.29, 1.82) is 0 Å². The van der Waals surface area contributed by atoms with Gasteiger partial charge in [-0.3, -0.25) is 0 Å². The first kappa shape index (κ1) is 17.2. The second kappa shape index (κ2) is 7.06. The highest BCUT2D eigenvalue weighted by Gasteiger charge is 2.20. The van der Waals surface area contributed by atoms with Crippen LogP contribution in [0.4, 0.5) is 0 Å². The molecule has 1 atom stereocenters. The van der Waals surface area contributed by atoms with Gasteiger partial charge in [0.1, 0.15) is 0 Å². The van der Waals surface area contributed by atoms with Crippen LogP contribution >= 0.6 is 15.9 Å². The molecule has 7 heteroatoms. The summed E-state index contributed by atoms with van der Waals surface area (Å²) in [5, 5.41) is 10.6. The van der Waals surface area contributed by atoms with Crippen LogP contribution in [0.2, 0.25) is 0 Å². The summed E-state index contributed by atoms with van der Waals surface area (Å²) < 4.78 is 28.3. The van der Waals surface area contributed by atoms with Crippen molar-refractivity contribution < 1.29 is 13.5 Å². The van der Waals surface area contributed by atoms with E-state index in [2.05, 4.69) is 25.6 Å². The number of benzene rings is 2. The lowest BCUT2D eigenvalue weighted by molar-refractivity contribution is 0.256. The molecule has 0 spiro atoms. The van der Waals surface area contributed by atoms with E-state index < -0.39 is 16.1 Å². The Balaban J connectivity index is 1.80. The van der Waals surface area contributed by atoms with E-state index in [0.717, 1.165) is 20.9 Å². The molecule has 0 fully saturated rings. The molecule has 0 bridgehead atoms. The van der Waals surface area contributed by atoms with Gasteiger partial charge in [0.15, 0.2) is 0 Å². The second-order valence-corrected chi connectivity index (χ2v) is 8.15. The van der Waals surface area contributed by atoms with Crippen molar-refractivity contribution in [3.05, 3.63) is 64.8 Å². The fraction of sp³-hybridized carbons (Fsp3) is 0.176. The monoisotopic (exact) mass is 408 g/mol. The lowest BCUT2D eigenvalue weighted by Gasteiger charge is -2.16. The predicted octanol–water partition coefficient (Wildman–Crippen LogP) is 2.81. The lowest BCUT2D eigenvalue weighted by atomic mass is 10.1. The summed E-state index contributed by atoms with van der Waals surface area (Å²) in [5.74, 6) is 0. The van der Waals surface area contributed by atoms with E-state index in [1.54, 1.807) is 12.1 Å². The fourth-order valence-electron chi connectivity index (χ4n) is 2.61. The summed E-state index contributed by atoms with van der Waals surface area (Å²) in [4.78, 5) is 3.32. The van der Waals surface area contributed by atoms with E-state index >= 15 is 0 Å². The van der Waals surface area contributed by atoms with Crippen LogP contribution in [-0.4, -0.2) is 31.2 Å². The van der Waals surface area contributed by atoms with Gasteiger partial charge in [-0.05, 0) is 42.3 Å². The number of H-pyrrole nitrogens is 1.